The number of rotatable bonds is 2. The van der Waals surface area contributed by atoms with Crippen LogP contribution in [0, 0.1) is 11.8 Å². The summed E-state index contributed by atoms with van der Waals surface area (Å²) >= 11 is 0. The average Bonchev–Trinajstić information content (AvgIpc) is 2.14. The lowest BCUT2D eigenvalue weighted by atomic mass is 9.83. The Morgan fingerprint density at radius 2 is 1.62 bits per heavy atom. The summed E-state index contributed by atoms with van der Waals surface area (Å²) < 4.78 is 24.0. The van der Waals surface area contributed by atoms with Crippen LogP contribution in [0.15, 0.2) is 0 Å². The van der Waals surface area contributed by atoms with Crippen molar-refractivity contribution in [1.29, 1.82) is 0 Å². The molecule has 0 aliphatic carbocycles. The highest BCUT2D eigenvalue weighted by Gasteiger charge is 2.46. The molecule has 2 fully saturated rings. The van der Waals surface area contributed by atoms with Gasteiger partial charge in [0.25, 0.3) is 0 Å². The van der Waals surface area contributed by atoms with Gasteiger partial charge >= 0.3 is 0 Å². The van der Waals surface area contributed by atoms with E-state index in [4.69, 9.17) is 0 Å². The van der Waals surface area contributed by atoms with E-state index >= 15 is 0 Å². The van der Waals surface area contributed by atoms with Crippen molar-refractivity contribution in [2.24, 2.45) is 11.8 Å². The second-order valence-corrected chi connectivity index (χ2v) is 8.00. The molecule has 0 amide bonds. The zero-order valence-electron chi connectivity index (χ0n) is 9.98. The number of carbonyl (C=O) groups is 1. The largest absolute Gasteiger partial charge is 0.299 e. The van der Waals surface area contributed by atoms with E-state index in [1.807, 2.05) is 13.8 Å². The van der Waals surface area contributed by atoms with Gasteiger partial charge in [0, 0.05) is 11.8 Å². The standard InChI is InChI=1S/C12H20O3S/c1-8(2)12(13)9-6-10-4-3-5-11(7-9)16(10,14)15/h8-11H,3-7H2,1-2H3. The molecule has 92 valence electrons. The molecule has 0 radical (unpaired) electrons. The van der Waals surface area contributed by atoms with E-state index in [1.165, 1.54) is 0 Å². The van der Waals surface area contributed by atoms with Gasteiger partial charge in [0.1, 0.15) is 5.78 Å². The first-order valence-electron chi connectivity index (χ1n) is 6.19. The van der Waals surface area contributed by atoms with Gasteiger partial charge in [0.05, 0.1) is 10.5 Å². The topological polar surface area (TPSA) is 51.2 Å². The van der Waals surface area contributed by atoms with Gasteiger partial charge in [-0.15, -0.1) is 0 Å². The SMILES string of the molecule is CC(C)C(=O)C1CC2CCCC(C1)S2(=O)=O. The Balaban J connectivity index is 2.18. The van der Waals surface area contributed by atoms with Crippen molar-refractivity contribution in [3.63, 3.8) is 0 Å². The maximum absolute atomic E-state index is 12.0. The highest BCUT2D eigenvalue weighted by Crippen LogP contribution is 2.40. The second-order valence-electron chi connectivity index (χ2n) is 5.49. The molecule has 2 aliphatic heterocycles. The molecule has 0 aromatic heterocycles. The number of carbonyl (C=O) groups excluding carboxylic acids is 1. The fraction of sp³-hybridized carbons (Fsp3) is 0.917. The third-order valence-corrected chi connectivity index (χ3v) is 6.76. The van der Waals surface area contributed by atoms with E-state index in [1.54, 1.807) is 0 Å². The van der Waals surface area contributed by atoms with Crippen LogP contribution in [0.25, 0.3) is 0 Å². The van der Waals surface area contributed by atoms with Crippen LogP contribution < -0.4 is 0 Å². The smallest absolute Gasteiger partial charge is 0.156 e. The molecule has 2 atom stereocenters. The number of hydrogen-bond acceptors (Lipinski definition) is 3. The lowest BCUT2D eigenvalue weighted by Crippen LogP contribution is -2.45. The van der Waals surface area contributed by atoms with Gasteiger partial charge in [-0.1, -0.05) is 20.3 Å². The highest BCUT2D eigenvalue weighted by molar-refractivity contribution is 7.92. The van der Waals surface area contributed by atoms with E-state index in [-0.39, 0.29) is 28.1 Å². The minimum atomic E-state index is -2.91. The Kier molecular flexibility index (Phi) is 3.12. The van der Waals surface area contributed by atoms with Crippen LogP contribution in [0.2, 0.25) is 0 Å². The molecule has 2 heterocycles. The van der Waals surface area contributed by atoms with Crippen LogP contribution in [0.4, 0.5) is 0 Å². The summed E-state index contributed by atoms with van der Waals surface area (Å²) in [7, 11) is -2.91. The molecule has 3 nitrogen and oxygen atoms in total. The van der Waals surface area contributed by atoms with Crippen molar-refractivity contribution < 1.29 is 13.2 Å². The predicted molar refractivity (Wildman–Crippen MR) is 62.9 cm³/mol. The zero-order chi connectivity index (χ0) is 11.9. The molecule has 0 aromatic rings. The van der Waals surface area contributed by atoms with Crippen molar-refractivity contribution in [3.8, 4) is 0 Å². The summed E-state index contributed by atoms with van der Waals surface area (Å²) in [6.07, 6.45) is 3.70. The highest BCUT2D eigenvalue weighted by atomic mass is 32.2. The van der Waals surface area contributed by atoms with Crippen molar-refractivity contribution >= 4 is 15.6 Å². The van der Waals surface area contributed by atoms with Crippen LogP contribution in [-0.2, 0) is 14.6 Å². The summed E-state index contributed by atoms with van der Waals surface area (Å²) in [6, 6.07) is 0. The Hall–Kier alpha value is -0.380. The van der Waals surface area contributed by atoms with E-state index < -0.39 is 9.84 Å². The Bertz CT molecular complexity index is 363. The summed E-state index contributed by atoms with van der Waals surface area (Å²) in [5.74, 6) is 0.289. The quantitative estimate of drug-likeness (QED) is 0.746. The van der Waals surface area contributed by atoms with Crippen molar-refractivity contribution in [1.82, 2.24) is 0 Å². The number of fused-ring (bicyclic) bond motifs is 2. The van der Waals surface area contributed by atoms with Crippen LogP contribution in [0.5, 0.6) is 0 Å². The van der Waals surface area contributed by atoms with Crippen molar-refractivity contribution in [2.45, 2.75) is 56.5 Å². The molecule has 2 bridgehead atoms. The lowest BCUT2D eigenvalue weighted by Gasteiger charge is -2.38. The molecule has 2 unspecified atom stereocenters. The zero-order valence-corrected chi connectivity index (χ0v) is 10.8. The molecular weight excluding hydrogens is 224 g/mol. The maximum atomic E-state index is 12.0. The normalized spacial score (nSPS) is 37.3. The van der Waals surface area contributed by atoms with Crippen molar-refractivity contribution in [2.75, 3.05) is 0 Å². The Labute approximate surface area is 97.5 Å². The Morgan fingerprint density at radius 3 is 2.06 bits per heavy atom. The van der Waals surface area contributed by atoms with Gasteiger partial charge in [0.15, 0.2) is 9.84 Å². The summed E-state index contributed by atoms with van der Waals surface area (Å²) in [5.41, 5.74) is 0. The molecule has 4 heteroatoms. The summed E-state index contributed by atoms with van der Waals surface area (Å²) in [6.45, 7) is 3.81. The number of ketones is 1. The van der Waals surface area contributed by atoms with Gasteiger partial charge in [0.2, 0.25) is 0 Å². The van der Waals surface area contributed by atoms with E-state index in [2.05, 4.69) is 0 Å². The van der Waals surface area contributed by atoms with E-state index in [0.29, 0.717) is 12.8 Å². The first kappa shape index (κ1) is 12.1. The Morgan fingerprint density at radius 1 is 1.12 bits per heavy atom. The van der Waals surface area contributed by atoms with Gasteiger partial charge in [-0.3, -0.25) is 4.79 Å². The summed E-state index contributed by atoms with van der Waals surface area (Å²) in [4.78, 5) is 11.9. The maximum Gasteiger partial charge on any atom is 0.156 e. The lowest BCUT2D eigenvalue weighted by molar-refractivity contribution is -0.126. The molecule has 0 N–H and O–H groups in total. The molecule has 2 saturated heterocycles. The second kappa shape index (κ2) is 4.13. The van der Waals surface area contributed by atoms with E-state index in [0.717, 1.165) is 19.3 Å². The van der Waals surface area contributed by atoms with Crippen LogP contribution in [0.1, 0.15) is 46.0 Å². The first-order valence-corrected chi connectivity index (χ1v) is 7.80. The molecule has 2 rings (SSSR count). The minimum absolute atomic E-state index is 0.00109. The monoisotopic (exact) mass is 244 g/mol. The number of Topliss-reactive ketones (excluding diaryl/α,β-unsaturated/α-hetero) is 1. The van der Waals surface area contributed by atoms with Crippen LogP contribution in [0.3, 0.4) is 0 Å². The third-order valence-electron chi connectivity index (χ3n) is 4.05. The van der Waals surface area contributed by atoms with Gasteiger partial charge < -0.3 is 0 Å². The summed E-state index contributed by atoms with van der Waals surface area (Å²) in [5, 5.41) is -0.458. The molecular formula is C12H20O3S. The van der Waals surface area contributed by atoms with Crippen LogP contribution in [-0.4, -0.2) is 24.7 Å². The fourth-order valence-electron chi connectivity index (χ4n) is 3.11. The fourth-order valence-corrected chi connectivity index (χ4v) is 5.65. The van der Waals surface area contributed by atoms with Gasteiger partial charge in [-0.25, -0.2) is 8.42 Å². The molecule has 2 aliphatic rings. The van der Waals surface area contributed by atoms with Gasteiger partial charge in [-0.05, 0) is 25.7 Å². The first-order chi connectivity index (χ1) is 7.43. The molecule has 0 saturated carbocycles. The van der Waals surface area contributed by atoms with E-state index in [9.17, 15) is 13.2 Å². The van der Waals surface area contributed by atoms with Crippen molar-refractivity contribution in [3.05, 3.63) is 0 Å². The molecule has 0 aromatic carbocycles. The molecule has 0 spiro atoms. The third kappa shape index (κ3) is 1.92. The molecule has 16 heavy (non-hydrogen) atoms. The minimum Gasteiger partial charge on any atom is -0.299 e. The van der Waals surface area contributed by atoms with Crippen LogP contribution >= 0.6 is 0 Å². The number of sulfone groups is 1. The predicted octanol–water partition coefficient (Wildman–Crippen LogP) is 1.96. The van der Waals surface area contributed by atoms with Gasteiger partial charge in [-0.2, -0.15) is 0 Å². The average molecular weight is 244 g/mol. The number of hydrogen-bond donors (Lipinski definition) is 0.